The predicted molar refractivity (Wildman–Crippen MR) is 98.2 cm³/mol. The smallest absolute Gasteiger partial charge is 0.228 e. The first kappa shape index (κ1) is 17.2. The van der Waals surface area contributed by atoms with Gasteiger partial charge in [0.15, 0.2) is 5.76 Å². The second-order valence-corrected chi connectivity index (χ2v) is 6.39. The maximum Gasteiger partial charge on any atom is 0.228 e. The second-order valence-electron chi connectivity index (χ2n) is 5.96. The van der Waals surface area contributed by atoms with Crippen LogP contribution in [0.2, 0.25) is 5.02 Å². The van der Waals surface area contributed by atoms with Gasteiger partial charge in [0.25, 0.3) is 0 Å². The van der Waals surface area contributed by atoms with Crippen molar-refractivity contribution in [3.63, 3.8) is 0 Å². The molecule has 0 bridgehead atoms. The first-order chi connectivity index (χ1) is 12.0. The second kappa shape index (κ2) is 7.11. The molecule has 0 aliphatic carbocycles. The van der Waals surface area contributed by atoms with Gasteiger partial charge >= 0.3 is 0 Å². The fourth-order valence-electron chi connectivity index (χ4n) is 2.75. The van der Waals surface area contributed by atoms with Gasteiger partial charge in [0.05, 0.1) is 0 Å². The molecule has 3 aromatic rings. The minimum absolute atomic E-state index is 0.0488. The van der Waals surface area contributed by atoms with Crippen LogP contribution in [0.4, 0.5) is 0 Å². The summed E-state index contributed by atoms with van der Waals surface area (Å²) in [7, 11) is 0. The number of halogens is 1. The highest BCUT2D eigenvalue weighted by molar-refractivity contribution is 6.31. The highest BCUT2D eigenvalue weighted by atomic mass is 35.5. The molecular weight excluding hydrogens is 338 g/mol. The molecule has 1 heterocycles. The molecule has 0 atom stereocenters. The number of carbonyl (C=O) groups is 2. The summed E-state index contributed by atoms with van der Waals surface area (Å²) in [5.41, 5.74) is 3.06. The summed E-state index contributed by atoms with van der Waals surface area (Å²) in [5.74, 6) is 0.133. The maximum atomic E-state index is 12.8. The van der Waals surface area contributed by atoms with Crippen molar-refractivity contribution in [3.05, 3.63) is 69.9 Å². The number of ketones is 1. The number of rotatable bonds is 5. The van der Waals surface area contributed by atoms with Crippen LogP contribution in [0.1, 0.15) is 34.2 Å². The van der Waals surface area contributed by atoms with Gasteiger partial charge in [-0.2, -0.15) is 0 Å². The van der Waals surface area contributed by atoms with Gasteiger partial charge in [-0.05, 0) is 37.1 Å². The van der Waals surface area contributed by atoms with Crippen molar-refractivity contribution >= 4 is 34.3 Å². The van der Waals surface area contributed by atoms with Crippen LogP contribution in [0.5, 0.6) is 0 Å². The van der Waals surface area contributed by atoms with Gasteiger partial charge < -0.3 is 9.73 Å². The fourth-order valence-corrected chi connectivity index (χ4v) is 2.92. The lowest BCUT2D eigenvalue weighted by Gasteiger charge is -2.04. The Balaban J connectivity index is 1.81. The zero-order valence-corrected chi connectivity index (χ0v) is 14.8. The lowest BCUT2D eigenvalue weighted by molar-refractivity contribution is -0.118. The molecule has 25 heavy (non-hydrogen) atoms. The Bertz CT molecular complexity index is 941. The van der Waals surface area contributed by atoms with Gasteiger partial charge in [0.1, 0.15) is 5.58 Å². The molecule has 1 N–H and O–H groups in total. The van der Waals surface area contributed by atoms with Crippen molar-refractivity contribution in [2.24, 2.45) is 0 Å². The third-order valence-corrected chi connectivity index (χ3v) is 4.34. The summed E-state index contributed by atoms with van der Waals surface area (Å²) in [6.07, 6.45) is 0.718. The zero-order chi connectivity index (χ0) is 18.0. The SMILES string of the molecule is CC(=O)NCCc1ccc(C(=O)c2oc3ccc(Cl)cc3c2C)cc1. The van der Waals surface area contributed by atoms with Crippen LogP contribution in [0.15, 0.2) is 46.9 Å². The van der Waals surface area contributed by atoms with Crippen LogP contribution in [-0.4, -0.2) is 18.2 Å². The van der Waals surface area contributed by atoms with Crippen molar-refractivity contribution in [1.29, 1.82) is 0 Å². The van der Waals surface area contributed by atoms with Crippen molar-refractivity contribution in [2.45, 2.75) is 20.3 Å². The molecule has 0 radical (unpaired) electrons. The van der Waals surface area contributed by atoms with Gasteiger partial charge in [0.2, 0.25) is 11.7 Å². The Labute approximate surface area is 150 Å². The zero-order valence-electron chi connectivity index (χ0n) is 14.1. The van der Waals surface area contributed by atoms with Crippen molar-refractivity contribution in [1.82, 2.24) is 5.32 Å². The first-order valence-corrected chi connectivity index (χ1v) is 8.40. The fraction of sp³-hybridized carbons (Fsp3) is 0.200. The molecule has 1 amide bonds. The average Bonchev–Trinajstić information content (AvgIpc) is 2.91. The van der Waals surface area contributed by atoms with E-state index in [0.29, 0.717) is 28.5 Å². The van der Waals surface area contributed by atoms with Crippen LogP contribution >= 0.6 is 11.6 Å². The summed E-state index contributed by atoms with van der Waals surface area (Å²) in [4.78, 5) is 23.6. The molecular formula is C20H18ClNO3. The van der Waals surface area contributed by atoms with E-state index in [1.165, 1.54) is 6.92 Å². The summed E-state index contributed by atoms with van der Waals surface area (Å²) in [5, 5.41) is 4.21. The van der Waals surface area contributed by atoms with Crippen molar-refractivity contribution in [3.8, 4) is 0 Å². The highest BCUT2D eigenvalue weighted by Crippen LogP contribution is 2.29. The van der Waals surface area contributed by atoms with Gasteiger partial charge in [-0.3, -0.25) is 9.59 Å². The topological polar surface area (TPSA) is 59.3 Å². The number of benzene rings is 2. The number of hydrogen-bond acceptors (Lipinski definition) is 3. The number of carbonyl (C=O) groups excluding carboxylic acids is 2. The first-order valence-electron chi connectivity index (χ1n) is 8.02. The van der Waals surface area contributed by atoms with E-state index in [1.54, 1.807) is 30.3 Å². The maximum absolute atomic E-state index is 12.8. The summed E-state index contributed by atoms with van der Waals surface area (Å²) in [6.45, 7) is 3.92. The van der Waals surface area contributed by atoms with Crippen LogP contribution in [0.3, 0.4) is 0 Å². The third-order valence-electron chi connectivity index (χ3n) is 4.11. The molecule has 0 aliphatic rings. The molecule has 5 heteroatoms. The largest absolute Gasteiger partial charge is 0.452 e. The van der Waals surface area contributed by atoms with E-state index in [9.17, 15) is 9.59 Å². The molecule has 0 fully saturated rings. The van der Waals surface area contributed by atoms with Crippen molar-refractivity contribution < 1.29 is 14.0 Å². The lowest BCUT2D eigenvalue weighted by atomic mass is 10.0. The van der Waals surface area contributed by atoms with Crippen molar-refractivity contribution in [2.75, 3.05) is 6.54 Å². The van der Waals surface area contributed by atoms with Crippen LogP contribution < -0.4 is 5.32 Å². The standard InChI is InChI=1S/C20H18ClNO3/c1-12-17-11-16(21)7-8-18(17)25-20(12)19(24)15-5-3-14(4-6-15)9-10-22-13(2)23/h3-8,11H,9-10H2,1-2H3,(H,22,23). The monoisotopic (exact) mass is 355 g/mol. The third kappa shape index (κ3) is 3.74. The van der Waals surface area contributed by atoms with E-state index >= 15 is 0 Å². The van der Waals surface area contributed by atoms with E-state index in [0.717, 1.165) is 22.9 Å². The number of hydrogen-bond donors (Lipinski definition) is 1. The lowest BCUT2D eigenvalue weighted by Crippen LogP contribution is -2.22. The minimum Gasteiger partial charge on any atom is -0.452 e. The van der Waals surface area contributed by atoms with Crippen LogP contribution in [0, 0.1) is 6.92 Å². The van der Waals surface area contributed by atoms with E-state index < -0.39 is 0 Å². The van der Waals surface area contributed by atoms with Gasteiger partial charge in [0, 0.05) is 35.0 Å². The van der Waals surface area contributed by atoms with Gasteiger partial charge in [-0.1, -0.05) is 35.9 Å². The molecule has 0 spiro atoms. The molecule has 0 aliphatic heterocycles. The van der Waals surface area contributed by atoms with E-state index in [4.69, 9.17) is 16.0 Å². The molecule has 1 aromatic heterocycles. The number of aryl methyl sites for hydroxylation is 1. The van der Waals surface area contributed by atoms with Gasteiger partial charge in [-0.25, -0.2) is 0 Å². The Morgan fingerprint density at radius 2 is 1.84 bits per heavy atom. The molecule has 128 valence electrons. The van der Waals surface area contributed by atoms with E-state index in [2.05, 4.69) is 5.32 Å². The normalized spacial score (nSPS) is 10.8. The molecule has 0 saturated carbocycles. The molecule has 2 aromatic carbocycles. The molecule has 3 rings (SSSR count). The number of furan rings is 1. The molecule has 4 nitrogen and oxygen atoms in total. The van der Waals surface area contributed by atoms with Crippen LogP contribution in [-0.2, 0) is 11.2 Å². The van der Waals surface area contributed by atoms with Gasteiger partial charge in [-0.15, -0.1) is 0 Å². The summed E-state index contributed by atoms with van der Waals surface area (Å²) >= 11 is 6.02. The molecule has 0 saturated heterocycles. The highest BCUT2D eigenvalue weighted by Gasteiger charge is 2.19. The number of nitrogens with one attached hydrogen (secondary N) is 1. The van der Waals surface area contributed by atoms with E-state index in [1.807, 2.05) is 19.1 Å². The Hall–Kier alpha value is -2.59. The van der Waals surface area contributed by atoms with E-state index in [-0.39, 0.29) is 11.7 Å². The minimum atomic E-state index is -0.154. The molecule has 0 unspecified atom stereocenters. The van der Waals surface area contributed by atoms with Crippen LogP contribution in [0.25, 0.3) is 11.0 Å². The number of fused-ring (bicyclic) bond motifs is 1. The Kier molecular flexibility index (Phi) is 4.91. The predicted octanol–water partition coefficient (Wildman–Crippen LogP) is 4.30. The Morgan fingerprint density at radius 3 is 2.52 bits per heavy atom. The quantitative estimate of drug-likeness (QED) is 0.694. The number of amides is 1. The summed E-state index contributed by atoms with van der Waals surface area (Å²) in [6, 6.07) is 12.7. The Morgan fingerprint density at radius 1 is 1.12 bits per heavy atom. The average molecular weight is 356 g/mol. The summed E-state index contributed by atoms with van der Waals surface area (Å²) < 4.78 is 5.74.